The lowest BCUT2D eigenvalue weighted by atomic mass is 9.79. The number of hydrazine groups is 1. The molecule has 1 aromatic carbocycles. The van der Waals surface area contributed by atoms with E-state index in [1.165, 1.54) is 0 Å². The van der Waals surface area contributed by atoms with Gasteiger partial charge in [0.25, 0.3) is 0 Å². The summed E-state index contributed by atoms with van der Waals surface area (Å²) in [6.07, 6.45) is 2.63. The molecule has 1 aromatic rings. The summed E-state index contributed by atoms with van der Waals surface area (Å²) in [4.78, 5) is 34.9. The van der Waals surface area contributed by atoms with Crippen LogP contribution in [0.2, 0.25) is 0 Å². The Morgan fingerprint density at radius 2 is 1.59 bits per heavy atom. The quantitative estimate of drug-likeness (QED) is 0.638. The highest BCUT2D eigenvalue weighted by Crippen LogP contribution is 2.30. The molecule has 22 heavy (non-hydrogen) atoms. The molecule has 0 aliphatic heterocycles. The summed E-state index contributed by atoms with van der Waals surface area (Å²) < 4.78 is 0. The van der Waals surface area contributed by atoms with Gasteiger partial charge in [0.1, 0.15) is 0 Å². The van der Waals surface area contributed by atoms with Gasteiger partial charge in [-0.3, -0.25) is 15.0 Å². The maximum atomic E-state index is 12.1. The molecule has 1 fully saturated rings. The highest BCUT2D eigenvalue weighted by atomic mass is 16.4. The summed E-state index contributed by atoms with van der Waals surface area (Å²) >= 11 is 0. The Kier molecular flexibility index (Phi) is 5.35. The molecule has 0 spiro atoms. The zero-order chi connectivity index (χ0) is 15.9. The van der Waals surface area contributed by atoms with Crippen LogP contribution in [-0.2, 0) is 9.59 Å². The predicted octanol–water partition coefficient (Wildman–Crippen LogP) is 1.73. The van der Waals surface area contributed by atoms with Crippen LogP contribution in [-0.4, -0.2) is 23.0 Å². The SMILES string of the molecule is O=C(NNC(=O)[C@H]1CCCC[C@H]1C(=O)O)Nc1ccccc1. The van der Waals surface area contributed by atoms with Crippen molar-refractivity contribution in [3.05, 3.63) is 30.3 Å². The minimum Gasteiger partial charge on any atom is -0.481 e. The molecule has 0 aromatic heterocycles. The number of aliphatic carboxylic acids is 1. The van der Waals surface area contributed by atoms with E-state index in [1.54, 1.807) is 24.3 Å². The molecule has 1 aliphatic rings. The summed E-state index contributed by atoms with van der Waals surface area (Å²) in [6.45, 7) is 0. The van der Waals surface area contributed by atoms with E-state index in [9.17, 15) is 14.4 Å². The third kappa shape index (κ3) is 4.21. The molecule has 0 radical (unpaired) electrons. The first-order chi connectivity index (χ1) is 10.6. The topological polar surface area (TPSA) is 108 Å². The van der Waals surface area contributed by atoms with E-state index in [0.29, 0.717) is 18.5 Å². The second kappa shape index (κ2) is 7.44. The Labute approximate surface area is 128 Å². The van der Waals surface area contributed by atoms with Gasteiger partial charge < -0.3 is 10.4 Å². The maximum absolute atomic E-state index is 12.1. The number of nitrogens with one attached hydrogen (secondary N) is 3. The Morgan fingerprint density at radius 3 is 2.23 bits per heavy atom. The van der Waals surface area contributed by atoms with Gasteiger partial charge in [0.15, 0.2) is 0 Å². The summed E-state index contributed by atoms with van der Waals surface area (Å²) in [7, 11) is 0. The largest absolute Gasteiger partial charge is 0.481 e. The number of para-hydroxylation sites is 1. The molecule has 1 aliphatic carbocycles. The van der Waals surface area contributed by atoms with Gasteiger partial charge in [-0.25, -0.2) is 10.2 Å². The zero-order valence-electron chi connectivity index (χ0n) is 12.0. The van der Waals surface area contributed by atoms with Gasteiger partial charge >= 0.3 is 12.0 Å². The van der Waals surface area contributed by atoms with Crippen molar-refractivity contribution in [3.63, 3.8) is 0 Å². The summed E-state index contributed by atoms with van der Waals surface area (Å²) in [5, 5.41) is 11.7. The van der Waals surface area contributed by atoms with Gasteiger partial charge in [0.2, 0.25) is 5.91 Å². The number of anilines is 1. The zero-order valence-corrected chi connectivity index (χ0v) is 12.0. The van der Waals surface area contributed by atoms with E-state index in [0.717, 1.165) is 12.8 Å². The van der Waals surface area contributed by atoms with Crippen LogP contribution in [0.25, 0.3) is 0 Å². The molecular formula is C15H19N3O4. The smallest absolute Gasteiger partial charge is 0.337 e. The van der Waals surface area contributed by atoms with Crippen LogP contribution in [0.3, 0.4) is 0 Å². The number of hydrogen-bond donors (Lipinski definition) is 4. The number of hydrogen-bond acceptors (Lipinski definition) is 3. The fraction of sp³-hybridized carbons (Fsp3) is 0.400. The van der Waals surface area contributed by atoms with Gasteiger partial charge in [0, 0.05) is 5.69 Å². The van der Waals surface area contributed by atoms with Gasteiger partial charge in [-0.05, 0) is 25.0 Å². The second-order valence-corrected chi connectivity index (χ2v) is 5.27. The third-order valence-electron chi connectivity index (χ3n) is 3.75. The van der Waals surface area contributed by atoms with Crippen LogP contribution in [0.5, 0.6) is 0 Å². The molecular weight excluding hydrogens is 286 g/mol. The molecule has 7 nitrogen and oxygen atoms in total. The van der Waals surface area contributed by atoms with Crippen molar-refractivity contribution in [1.82, 2.24) is 10.9 Å². The monoisotopic (exact) mass is 305 g/mol. The lowest BCUT2D eigenvalue weighted by molar-refractivity contribution is -0.149. The number of rotatable bonds is 3. The van der Waals surface area contributed by atoms with Gasteiger partial charge in [-0.1, -0.05) is 31.0 Å². The molecule has 0 saturated heterocycles. The molecule has 2 atom stereocenters. The fourth-order valence-electron chi connectivity index (χ4n) is 2.64. The van der Waals surface area contributed by atoms with Crippen LogP contribution < -0.4 is 16.2 Å². The van der Waals surface area contributed by atoms with Crippen molar-refractivity contribution < 1.29 is 19.5 Å². The van der Waals surface area contributed by atoms with E-state index in [4.69, 9.17) is 5.11 Å². The summed E-state index contributed by atoms with van der Waals surface area (Å²) in [5.74, 6) is -2.72. The van der Waals surface area contributed by atoms with Crippen LogP contribution in [0, 0.1) is 11.8 Å². The number of urea groups is 1. The maximum Gasteiger partial charge on any atom is 0.337 e. The van der Waals surface area contributed by atoms with Crippen molar-refractivity contribution in [2.75, 3.05) is 5.32 Å². The van der Waals surface area contributed by atoms with Crippen LogP contribution in [0.15, 0.2) is 30.3 Å². The lowest BCUT2D eigenvalue weighted by Crippen LogP contribution is -2.49. The number of benzene rings is 1. The minimum atomic E-state index is -0.964. The Balaban J connectivity index is 1.83. The lowest BCUT2D eigenvalue weighted by Gasteiger charge is -2.27. The fourth-order valence-corrected chi connectivity index (χ4v) is 2.64. The molecule has 118 valence electrons. The van der Waals surface area contributed by atoms with Gasteiger partial charge in [-0.2, -0.15) is 0 Å². The minimum absolute atomic E-state index is 0.463. The standard InChI is InChI=1S/C15H19N3O4/c19-13(11-8-4-5-9-12(11)14(20)21)17-18-15(22)16-10-6-2-1-3-7-10/h1-3,6-7,11-12H,4-5,8-9H2,(H,17,19)(H,20,21)(H2,16,18,22)/t11-,12+/m0/s1. The Morgan fingerprint density at radius 1 is 0.955 bits per heavy atom. The third-order valence-corrected chi connectivity index (χ3v) is 3.75. The van der Waals surface area contributed by atoms with Crippen molar-refractivity contribution in [2.24, 2.45) is 11.8 Å². The van der Waals surface area contributed by atoms with Crippen molar-refractivity contribution in [1.29, 1.82) is 0 Å². The van der Waals surface area contributed by atoms with Crippen molar-refractivity contribution in [2.45, 2.75) is 25.7 Å². The number of carboxylic acid groups (broad SMARTS) is 1. The molecule has 0 unspecified atom stereocenters. The molecule has 0 bridgehead atoms. The Bertz CT molecular complexity index is 547. The van der Waals surface area contributed by atoms with Crippen molar-refractivity contribution >= 4 is 23.6 Å². The first-order valence-corrected chi connectivity index (χ1v) is 7.22. The predicted molar refractivity (Wildman–Crippen MR) is 79.8 cm³/mol. The number of amides is 3. The molecule has 2 rings (SSSR count). The van der Waals surface area contributed by atoms with E-state index in [2.05, 4.69) is 16.2 Å². The van der Waals surface area contributed by atoms with E-state index in [-0.39, 0.29) is 0 Å². The highest BCUT2D eigenvalue weighted by molar-refractivity contribution is 5.92. The van der Waals surface area contributed by atoms with Gasteiger partial charge in [-0.15, -0.1) is 0 Å². The molecule has 4 N–H and O–H groups in total. The normalized spacial score (nSPS) is 20.7. The first kappa shape index (κ1) is 15.8. The summed E-state index contributed by atoms with van der Waals surface area (Å²) in [6, 6.07) is 8.20. The van der Waals surface area contributed by atoms with Crippen LogP contribution in [0.4, 0.5) is 10.5 Å². The van der Waals surface area contributed by atoms with Crippen LogP contribution >= 0.6 is 0 Å². The van der Waals surface area contributed by atoms with Crippen molar-refractivity contribution in [3.8, 4) is 0 Å². The number of carboxylic acids is 1. The van der Waals surface area contributed by atoms with Crippen LogP contribution in [0.1, 0.15) is 25.7 Å². The van der Waals surface area contributed by atoms with E-state index < -0.39 is 29.7 Å². The average molecular weight is 305 g/mol. The Hall–Kier alpha value is -2.57. The first-order valence-electron chi connectivity index (χ1n) is 7.22. The molecule has 1 saturated carbocycles. The van der Waals surface area contributed by atoms with Gasteiger partial charge in [0.05, 0.1) is 11.8 Å². The second-order valence-electron chi connectivity index (χ2n) is 5.27. The molecule has 0 heterocycles. The molecule has 3 amide bonds. The summed E-state index contributed by atoms with van der Waals surface area (Å²) in [5.41, 5.74) is 5.13. The van der Waals surface area contributed by atoms with E-state index in [1.807, 2.05) is 6.07 Å². The molecule has 7 heteroatoms. The number of carbonyl (C=O) groups excluding carboxylic acids is 2. The average Bonchev–Trinajstić information content (AvgIpc) is 2.53. The number of carbonyl (C=O) groups is 3. The highest BCUT2D eigenvalue weighted by Gasteiger charge is 2.35. The van der Waals surface area contributed by atoms with E-state index >= 15 is 0 Å².